The van der Waals surface area contributed by atoms with Crippen molar-refractivity contribution in [1.82, 2.24) is 0 Å². The van der Waals surface area contributed by atoms with Gasteiger partial charge in [-0.2, -0.15) is 0 Å². The fourth-order valence-electron chi connectivity index (χ4n) is 9.81. The summed E-state index contributed by atoms with van der Waals surface area (Å²) in [7, 11) is 0. The van der Waals surface area contributed by atoms with Gasteiger partial charge in [0.25, 0.3) is 0 Å². The van der Waals surface area contributed by atoms with E-state index in [2.05, 4.69) is 181 Å². The molecule has 1 aliphatic carbocycles. The van der Waals surface area contributed by atoms with Crippen LogP contribution < -0.4 is 8.79 Å². The molecule has 0 saturated carbocycles. The molecule has 11 rings (SSSR count). The van der Waals surface area contributed by atoms with E-state index in [-0.39, 0.29) is 0 Å². The van der Waals surface area contributed by atoms with Gasteiger partial charge in [0.1, 0.15) is 0 Å². The van der Waals surface area contributed by atoms with Gasteiger partial charge in [-0.15, -0.1) is 0 Å². The molecule has 9 aromatic rings. The molecule has 1 spiro atoms. The van der Waals surface area contributed by atoms with E-state index in [1.165, 1.54) is 71.8 Å². The van der Waals surface area contributed by atoms with Crippen molar-refractivity contribution in [2.75, 3.05) is 0 Å². The fourth-order valence-corrected chi connectivity index (χ4v) is 16.5. The number of furan rings is 1. The molecule has 1 nitrogen and oxygen atoms in total. The molecule has 0 saturated heterocycles. The van der Waals surface area contributed by atoms with Gasteiger partial charge < -0.3 is 0 Å². The van der Waals surface area contributed by atoms with Crippen LogP contribution in [0, 0.1) is 0 Å². The first kappa shape index (κ1) is 29.1. The molecule has 0 bridgehead atoms. The third-order valence-electron chi connectivity index (χ3n) is 11.9. The van der Waals surface area contributed by atoms with Gasteiger partial charge in [-0.25, -0.2) is 0 Å². The number of fused-ring (bicyclic) bond motifs is 15. The molecule has 1 aliphatic heterocycles. The summed E-state index contributed by atoms with van der Waals surface area (Å²) in [5.74, 6) is 5.16. The van der Waals surface area contributed by atoms with Crippen molar-refractivity contribution in [1.29, 1.82) is 0 Å². The predicted octanol–water partition coefficient (Wildman–Crippen LogP) is 11.6. The second kappa shape index (κ2) is 10.4. The Labute approximate surface area is 300 Å². The monoisotopic (exact) mass is 712 g/mol. The number of benzene rings is 8. The zero-order chi connectivity index (χ0) is 33.9. The summed E-state index contributed by atoms with van der Waals surface area (Å²) >= 11 is -2.74. The average Bonchev–Trinajstić information content (AvgIpc) is 3.72. The fraction of sp³-hybridized carbons (Fsp3) is 0.0612. The van der Waals surface area contributed by atoms with Crippen molar-refractivity contribution in [3.05, 3.63) is 192 Å². The molecule has 0 fully saturated rings. The number of rotatable bonds is 2. The molecule has 2 aliphatic rings. The van der Waals surface area contributed by atoms with Crippen molar-refractivity contribution >= 4 is 54.8 Å². The molecular formula is C49H34GeO. The van der Waals surface area contributed by atoms with Gasteiger partial charge in [-0.05, 0) is 0 Å². The van der Waals surface area contributed by atoms with Gasteiger partial charge in [0.2, 0.25) is 0 Å². The maximum atomic E-state index is 7.14. The molecule has 0 N–H and O–H groups in total. The van der Waals surface area contributed by atoms with E-state index in [0.717, 1.165) is 16.6 Å². The molecule has 240 valence electrons. The summed E-state index contributed by atoms with van der Waals surface area (Å²) in [4.78, 5) is 0. The second-order valence-electron chi connectivity index (χ2n) is 14.7. The summed E-state index contributed by atoms with van der Waals surface area (Å²) in [6.45, 7) is 0. The van der Waals surface area contributed by atoms with Crippen molar-refractivity contribution in [2.24, 2.45) is 0 Å². The summed E-state index contributed by atoms with van der Waals surface area (Å²) in [6, 6.07) is 63.4. The normalized spacial score (nSPS) is 14.8. The summed E-state index contributed by atoms with van der Waals surface area (Å²) < 4.78 is 10.2. The van der Waals surface area contributed by atoms with Crippen molar-refractivity contribution in [2.45, 2.75) is 16.9 Å². The van der Waals surface area contributed by atoms with Crippen LogP contribution in [0.3, 0.4) is 0 Å². The predicted molar refractivity (Wildman–Crippen MR) is 216 cm³/mol. The van der Waals surface area contributed by atoms with E-state index in [1.807, 2.05) is 0 Å². The van der Waals surface area contributed by atoms with Crippen molar-refractivity contribution in [3.8, 4) is 33.4 Å². The van der Waals surface area contributed by atoms with Crippen molar-refractivity contribution < 1.29 is 4.42 Å². The standard InChI is InChI=1S/C49H34GeO/c1-50(2)42-26-14-12-24-38(42)49(39-25-13-15-27-43(39)50)40-29-36(31-17-5-3-6-18-31)33-21-9-10-22-34(33)46(40)47-41(49)30-37(32-19-7-4-8-20-32)45-35-23-11-16-28-44(35)51-48(45)47/h3-30H,1-2H3. The number of hydrogen-bond donors (Lipinski definition) is 0. The van der Waals surface area contributed by atoms with Gasteiger partial charge in [-0.3, -0.25) is 0 Å². The minimum absolute atomic E-state index is 0.539. The molecule has 0 atom stereocenters. The summed E-state index contributed by atoms with van der Waals surface area (Å²) in [6.07, 6.45) is 0. The molecule has 0 amide bonds. The second-order valence-corrected chi connectivity index (χ2v) is 23.8. The van der Waals surface area contributed by atoms with E-state index >= 15 is 0 Å². The van der Waals surface area contributed by atoms with Crippen LogP contribution in [0.5, 0.6) is 0 Å². The van der Waals surface area contributed by atoms with E-state index in [9.17, 15) is 0 Å². The Bertz CT molecular complexity index is 2830. The summed E-state index contributed by atoms with van der Waals surface area (Å²) in [5.41, 5.74) is 14.3. The zero-order valence-corrected chi connectivity index (χ0v) is 30.7. The van der Waals surface area contributed by atoms with Crippen LogP contribution in [-0.4, -0.2) is 13.3 Å². The Morgan fingerprint density at radius 2 is 0.922 bits per heavy atom. The Morgan fingerprint density at radius 1 is 0.431 bits per heavy atom. The molecular weight excluding hydrogens is 677 g/mol. The maximum absolute atomic E-state index is 7.14. The number of para-hydroxylation sites is 1. The van der Waals surface area contributed by atoms with Crippen LogP contribution in [0.1, 0.15) is 22.3 Å². The SMILES string of the molecule is [CH3][Ge]1([CH3])[c]2ccccc2C2(c3cccc[c]31)c1cc(-c3ccccc3)c3ccccc3c1-c1c2cc(-c2ccccc2)c2c1oc1ccccc12. The zero-order valence-electron chi connectivity index (χ0n) is 28.6. The molecule has 2 heteroatoms. The first-order chi connectivity index (χ1) is 25.1. The van der Waals surface area contributed by atoms with E-state index < -0.39 is 18.7 Å². The van der Waals surface area contributed by atoms with Crippen LogP contribution in [0.15, 0.2) is 174 Å². The van der Waals surface area contributed by atoms with Crippen LogP contribution in [0.2, 0.25) is 11.5 Å². The topological polar surface area (TPSA) is 13.1 Å². The molecule has 2 heterocycles. The first-order valence-corrected chi connectivity index (χ1v) is 24.2. The van der Waals surface area contributed by atoms with E-state index in [4.69, 9.17) is 4.42 Å². The third kappa shape index (κ3) is 3.72. The summed E-state index contributed by atoms with van der Waals surface area (Å²) in [5, 5.41) is 4.87. The Kier molecular flexibility index (Phi) is 5.97. The van der Waals surface area contributed by atoms with Crippen molar-refractivity contribution in [3.63, 3.8) is 0 Å². The first-order valence-electron chi connectivity index (χ1n) is 17.9. The van der Waals surface area contributed by atoms with Crippen LogP contribution in [0.4, 0.5) is 0 Å². The molecule has 51 heavy (non-hydrogen) atoms. The van der Waals surface area contributed by atoms with E-state index in [1.54, 1.807) is 8.79 Å². The van der Waals surface area contributed by atoms with Crippen LogP contribution >= 0.6 is 0 Å². The number of hydrogen-bond acceptors (Lipinski definition) is 1. The molecule has 0 radical (unpaired) electrons. The quantitative estimate of drug-likeness (QED) is 0.163. The van der Waals surface area contributed by atoms with Gasteiger partial charge in [0, 0.05) is 0 Å². The van der Waals surface area contributed by atoms with Gasteiger partial charge in [-0.1, -0.05) is 0 Å². The van der Waals surface area contributed by atoms with Gasteiger partial charge in [0.15, 0.2) is 0 Å². The average molecular weight is 711 g/mol. The Balaban J connectivity index is 1.44. The van der Waals surface area contributed by atoms with E-state index in [0.29, 0.717) is 0 Å². The molecule has 1 aromatic heterocycles. The molecule has 8 aromatic carbocycles. The third-order valence-corrected chi connectivity index (χ3v) is 19.4. The van der Waals surface area contributed by atoms with Crippen LogP contribution in [0.25, 0.3) is 66.1 Å². The Hall–Kier alpha value is -5.64. The minimum atomic E-state index is -2.74. The van der Waals surface area contributed by atoms with Gasteiger partial charge >= 0.3 is 302 Å². The Morgan fingerprint density at radius 3 is 1.59 bits per heavy atom. The molecule has 0 unspecified atom stereocenters. The van der Waals surface area contributed by atoms with Gasteiger partial charge in [0.05, 0.1) is 0 Å². The van der Waals surface area contributed by atoms with Crippen LogP contribution in [-0.2, 0) is 5.41 Å².